The van der Waals surface area contributed by atoms with Crippen molar-refractivity contribution in [2.24, 2.45) is 5.73 Å². The molecule has 1 atom stereocenters. The summed E-state index contributed by atoms with van der Waals surface area (Å²) >= 11 is 12.5. The lowest BCUT2D eigenvalue weighted by Gasteiger charge is -2.29. The van der Waals surface area contributed by atoms with E-state index in [2.05, 4.69) is 5.32 Å². The van der Waals surface area contributed by atoms with Crippen LogP contribution in [0.2, 0.25) is 5.02 Å². The van der Waals surface area contributed by atoms with Crippen LogP contribution in [0, 0.1) is 0 Å². The number of aliphatic hydroxyl groups excluding tert-OH is 1. The highest BCUT2D eigenvalue weighted by atomic mass is 35.5. The normalized spacial score (nSPS) is 22.8. The van der Waals surface area contributed by atoms with Crippen molar-refractivity contribution in [1.29, 1.82) is 0 Å². The average molecular weight is 543 g/mol. The third kappa shape index (κ3) is 4.85. The Kier molecular flexibility index (Phi) is 6.76. The van der Waals surface area contributed by atoms with Gasteiger partial charge in [-0.3, -0.25) is 4.79 Å². The van der Waals surface area contributed by atoms with Gasteiger partial charge < -0.3 is 31.1 Å². The number of carboxylic acid groups (broad SMARTS) is 1. The summed E-state index contributed by atoms with van der Waals surface area (Å²) in [5.74, 6) is -1.33. The molecule has 1 unspecified atom stereocenters. The SMILES string of the molecule is NC1CCC(NC(=O)c2ccc(C(=O)O)c(C3=C4C=C(Cl)C(O)C=C4Oc4cc(O)c(Cl)cc43)c2)CC1. The van der Waals surface area contributed by atoms with Gasteiger partial charge in [0.1, 0.15) is 23.4 Å². The summed E-state index contributed by atoms with van der Waals surface area (Å²) in [5, 5.41) is 33.6. The first-order chi connectivity index (χ1) is 17.6. The molecule has 1 fully saturated rings. The van der Waals surface area contributed by atoms with Crippen LogP contribution in [0.15, 0.2) is 58.8 Å². The summed E-state index contributed by atoms with van der Waals surface area (Å²) < 4.78 is 5.91. The van der Waals surface area contributed by atoms with E-state index in [9.17, 15) is 24.9 Å². The number of aromatic carboxylic acids is 1. The molecule has 2 aliphatic carbocycles. The molecule has 8 nitrogen and oxygen atoms in total. The van der Waals surface area contributed by atoms with E-state index in [0.29, 0.717) is 16.7 Å². The fourth-order valence-electron chi connectivity index (χ4n) is 4.88. The molecule has 0 spiro atoms. The molecule has 37 heavy (non-hydrogen) atoms. The van der Waals surface area contributed by atoms with Gasteiger partial charge in [-0.1, -0.05) is 23.2 Å². The minimum absolute atomic E-state index is 0.0152. The van der Waals surface area contributed by atoms with E-state index in [-0.39, 0.29) is 62.0 Å². The molecule has 3 aliphatic rings. The maximum atomic E-state index is 13.2. The Balaban J connectivity index is 1.67. The number of fused-ring (bicyclic) bond motifs is 2. The monoisotopic (exact) mass is 542 g/mol. The number of phenolic OH excluding ortho intramolecular Hbond substituents is 1. The number of halogens is 2. The van der Waals surface area contributed by atoms with Crippen LogP contribution in [-0.4, -0.2) is 45.4 Å². The zero-order chi connectivity index (χ0) is 26.4. The second kappa shape index (κ2) is 9.87. The minimum atomic E-state index is -1.20. The van der Waals surface area contributed by atoms with Crippen LogP contribution in [-0.2, 0) is 0 Å². The van der Waals surface area contributed by atoms with Crippen LogP contribution in [0.1, 0.15) is 57.5 Å². The fraction of sp³-hybridized carbons (Fsp3) is 0.259. The number of aromatic hydroxyl groups is 1. The predicted molar refractivity (Wildman–Crippen MR) is 139 cm³/mol. The lowest BCUT2D eigenvalue weighted by atomic mass is 9.84. The van der Waals surface area contributed by atoms with Gasteiger partial charge in [0.2, 0.25) is 0 Å². The van der Waals surface area contributed by atoms with Crippen molar-refractivity contribution in [3.8, 4) is 11.5 Å². The molecule has 2 aromatic carbocycles. The van der Waals surface area contributed by atoms with E-state index in [0.717, 1.165) is 25.7 Å². The van der Waals surface area contributed by atoms with Gasteiger partial charge >= 0.3 is 5.97 Å². The van der Waals surface area contributed by atoms with Gasteiger partial charge in [-0.2, -0.15) is 0 Å². The number of carbonyl (C=O) groups is 2. The summed E-state index contributed by atoms with van der Waals surface area (Å²) in [6, 6.07) is 7.25. The summed E-state index contributed by atoms with van der Waals surface area (Å²) in [6.07, 6.45) is 4.94. The van der Waals surface area contributed by atoms with Gasteiger partial charge in [-0.05, 0) is 67.7 Å². The van der Waals surface area contributed by atoms with Crippen LogP contribution < -0.4 is 15.8 Å². The van der Waals surface area contributed by atoms with Crippen LogP contribution in [0.4, 0.5) is 0 Å². The highest BCUT2D eigenvalue weighted by Crippen LogP contribution is 2.47. The van der Waals surface area contributed by atoms with Crippen LogP contribution in [0.5, 0.6) is 11.5 Å². The zero-order valence-corrected chi connectivity index (χ0v) is 21.0. The molecule has 0 bridgehead atoms. The van der Waals surface area contributed by atoms with Crippen molar-refractivity contribution in [2.45, 2.75) is 43.9 Å². The molecular formula is C27H24Cl2N2O6. The van der Waals surface area contributed by atoms with Gasteiger partial charge in [0, 0.05) is 40.4 Å². The summed E-state index contributed by atoms with van der Waals surface area (Å²) in [4.78, 5) is 25.4. The second-order valence-electron chi connectivity index (χ2n) is 9.35. The fourth-order valence-corrected chi connectivity index (χ4v) is 5.21. The molecule has 1 saturated carbocycles. The maximum absolute atomic E-state index is 13.2. The van der Waals surface area contributed by atoms with E-state index in [1.165, 1.54) is 42.5 Å². The Bertz CT molecular complexity index is 1410. The number of carboxylic acids is 1. The van der Waals surface area contributed by atoms with Gasteiger partial charge in [0.05, 0.1) is 15.6 Å². The molecular weight excluding hydrogens is 519 g/mol. The number of hydrogen-bond donors (Lipinski definition) is 5. The number of benzene rings is 2. The Hall–Kier alpha value is -3.30. The smallest absolute Gasteiger partial charge is 0.336 e. The van der Waals surface area contributed by atoms with Crippen LogP contribution >= 0.6 is 23.2 Å². The number of carbonyl (C=O) groups excluding carboxylic acids is 1. The van der Waals surface area contributed by atoms with E-state index in [4.69, 9.17) is 33.7 Å². The minimum Gasteiger partial charge on any atom is -0.506 e. The molecule has 0 aromatic heterocycles. The summed E-state index contributed by atoms with van der Waals surface area (Å²) in [5.41, 5.74) is 7.61. The van der Waals surface area contributed by atoms with E-state index in [1.54, 1.807) is 0 Å². The van der Waals surface area contributed by atoms with E-state index < -0.39 is 12.1 Å². The first kappa shape index (κ1) is 25.4. The topological polar surface area (TPSA) is 142 Å². The maximum Gasteiger partial charge on any atom is 0.336 e. The Morgan fingerprint density at radius 2 is 1.78 bits per heavy atom. The predicted octanol–water partition coefficient (Wildman–Crippen LogP) is 4.32. The number of allylic oxidation sites excluding steroid dienone is 1. The Labute approximate surface area is 222 Å². The zero-order valence-electron chi connectivity index (χ0n) is 19.5. The third-order valence-electron chi connectivity index (χ3n) is 6.84. The number of rotatable bonds is 4. The Morgan fingerprint density at radius 1 is 1.05 bits per heavy atom. The number of ether oxygens (including phenoxy) is 1. The highest BCUT2D eigenvalue weighted by Gasteiger charge is 2.32. The molecule has 5 rings (SSSR count). The number of aliphatic hydroxyl groups is 1. The lowest BCUT2D eigenvalue weighted by Crippen LogP contribution is -2.40. The molecule has 1 amide bonds. The van der Waals surface area contributed by atoms with E-state index in [1.807, 2.05) is 0 Å². The van der Waals surface area contributed by atoms with Crippen molar-refractivity contribution in [3.63, 3.8) is 0 Å². The van der Waals surface area contributed by atoms with Gasteiger partial charge in [0.15, 0.2) is 0 Å². The van der Waals surface area contributed by atoms with Gasteiger partial charge in [-0.15, -0.1) is 0 Å². The first-order valence-corrected chi connectivity index (χ1v) is 12.5. The van der Waals surface area contributed by atoms with Gasteiger partial charge in [-0.25, -0.2) is 4.79 Å². The van der Waals surface area contributed by atoms with Crippen molar-refractivity contribution in [3.05, 3.63) is 86.1 Å². The number of nitrogens with one attached hydrogen (secondary N) is 1. The molecule has 0 saturated heterocycles. The summed E-state index contributed by atoms with van der Waals surface area (Å²) in [6.45, 7) is 0. The molecule has 6 N–H and O–H groups in total. The number of nitrogens with two attached hydrogens (primary N) is 1. The Morgan fingerprint density at radius 3 is 2.49 bits per heavy atom. The highest BCUT2D eigenvalue weighted by molar-refractivity contribution is 6.32. The molecule has 10 heteroatoms. The molecule has 2 aromatic rings. The molecule has 192 valence electrons. The summed E-state index contributed by atoms with van der Waals surface area (Å²) in [7, 11) is 0. The quantitative estimate of drug-likeness (QED) is 0.387. The average Bonchev–Trinajstić information content (AvgIpc) is 2.85. The largest absolute Gasteiger partial charge is 0.506 e. The third-order valence-corrected chi connectivity index (χ3v) is 7.47. The molecule has 0 radical (unpaired) electrons. The standard InChI is InChI=1S/C27H24Cl2N2O6/c28-19-8-17-23(10-21(19)32)37-24-11-22(33)20(29)9-18(24)25(17)16-7-12(1-6-15(16)27(35)36)26(34)31-14-4-2-13(30)3-5-14/h1,6-11,13-14,21,32-33H,2-5,30H2,(H,31,34)(H,35,36). The van der Waals surface area contributed by atoms with Gasteiger partial charge in [0.25, 0.3) is 5.91 Å². The van der Waals surface area contributed by atoms with Crippen molar-refractivity contribution in [1.82, 2.24) is 5.32 Å². The van der Waals surface area contributed by atoms with Crippen molar-refractivity contribution >= 4 is 40.7 Å². The number of phenols is 1. The van der Waals surface area contributed by atoms with Crippen LogP contribution in [0.25, 0.3) is 5.57 Å². The lowest BCUT2D eigenvalue weighted by molar-refractivity contribution is 0.0695. The number of hydrogen-bond acceptors (Lipinski definition) is 6. The first-order valence-electron chi connectivity index (χ1n) is 11.8. The molecule has 1 aliphatic heterocycles. The van der Waals surface area contributed by atoms with Crippen molar-refractivity contribution < 1.29 is 29.6 Å². The number of amides is 1. The van der Waals surface area contributed by atoms with E-state index >= 15 is 0 Å². The molecule has 1 heterocycles. The second-order valence-corrected chi connectivity index (χ2v) is 10.2. The van der Waals surface area contributed by atoms with Crippen molar-refractivity contribution in [2.75, 3.05) is 0 Å². The van der Waals surface area contributed by atoms with Crippen LogP contribution in [0.3, 0.4) is 0 Å².